The maximum atomic E-state index is 13.0. The molecule has 0 aliphatic carbocycles. The van der Waals surface area contributed by atoms with E-state index < -0.39 is 12.0 Å². The molecule has 0 saturated carbocycles. The summed E-state index contributed by atoms with van der Waals surface area (Å²) in [4.78, 5) is 13.5. The van der Waals surface area contributed by atoms with Crippen LogP contribution < -0.4 is 4.90 Å². The van der Waals surface area contributed by atoms with E-state index in [0.29, 0.717) is 6.54 Å². The Kier molecular flexibility index (Phi) is 5.44. The molecule has 0 aliphatic heterocycles. The largest absolute Gasteiger partial charge is 0.454 e. The van der Waals surface area contributed by atoms with Gasteiger partial charge in [0.15, 0.2) is 0 Å². The third kappa shape index (κ3) is 4.25. The van der Waals surface area contributed by atoms with Crippen LogP contribution in [0.2, 0.25) is 0 Å². The fourth-order valence-corrected chi connectivity index (χ4v) is 2.35. The average molecular weight is 333 g/mol. The maximum absolute atomic E-state index is 13.0. The molecule has 0 aliphatic rings. The van der Waals surface area contributed by atoms with Crippen molar-refractivity contribution in [3.63, 3.8) is 0 Å². The summed E-state index contributed by atoms with van der Waals surface area (Å²) in [5, 5.41) is 0. The van der Waals surface area contributed by atoms with Crippen molar-refractivity contribution in [2.24, 2.45) is 0 Å². The van der Waals surface area contributed by atoms with Crippen LogP contribution in [-0.2, 0) is 4.79 Å². The van der Waals surface area contributed by atoms with Crippen LogP contribution in [0.15, 0.2) is 60.8 Å². The number of nitrogens with zero attached hydrogens (tertiary/aromatic N) is 1. The van der Waals surface area contributed by atoms with Gasteiger partial charge >= 0.3 is 6.18 Å². The van der Waals surface area contributed by atoms with E-state index >= 15 is 0 Å². The Morgan fingerprint density at radius 1 is 1.08 bits per heavy atom. The minimum Gasteiger partial charge on any atom is -0.347 e. The topological polar surface area (TPSA) is 20.3 Å². The number of Topliss-reactive ketones (excluding diaryl/α,β-unsaturated/α-hetero) is 1. The number of carbonyl (C=O) groups is 1. The molecule has 0 unspecified atom stereocenters. The van der Waals surface area contributed by atoms with Crippen LogP contribution in [0, 0.1) is 6.92 Å². The molecule has 126 valence electrons. The number of hydrogen-bond donors (Lipinski definition) is 0. The third-order valence-corrected chi connectivity index (χ3v) is 3.55. The van der Waals surface area contributed by atoms with Crippen LogP contribution in [0.4, 0.5) is 18.9 Å². The molecule has 0 aromatic heterocycles. The lowest BCUT2D eigenvalue weighted by molar-refractivity contribution is -0.164. The Balaban J connectivity index is 2.52. The van der Waals surface area contributed by atoms with Crippen molar-refractivity contribution in [1.82, 2.24) is 0 Å². The number of alkyl halides is 3. The van der Waals surface area contributed by atoms with Gasteiger partial charge in [-0.15, -0.1) is 0 Å². The van der Waals surface area contributed by atoms with Crippen LogP contribution >= 0.6 is 0 Å². The molecular formula is C19H18F3NO. The highest BCUT2D eigenvalue weighted by atomic mass is 19.4. The van der Waals surface area contributed by atoms with E-state index in [2.05, 4.69) is 0 Å². The Labute approximate surface area is 139 Å². The molecule has 0 radical (unpaired) electrons. The fourth-order valence-electron chi connectivity index (χ4n) is 2.35. The molecule has 24 heavy (non-hydrogen) atoms. The molecule has 2 nitrogen and oxygen atoms in total. The molecule has 2 aromatic carbocycles. The normalized spacial score (nSPS) is 12.1. The number of allylic oxidation sites excluding steroid dienone is 1. The van der Waals surface area contributed by atoms with Gasteiger partial charge in [0.05, 0.1) is 5.57 Å². The van der Waals surface area contributed by atoms with E-state index in [9.17, 15) is 18.0 Å². The molecule has 0 atom stereocenters. The smallest absolute Gasteiger partial charge is 0.347 e. The molecule has 0 spiro atoms. The van der Waals surface area contributed by atoms with Gasteiger partial charge in [0.1, 0.15) is 0 Å². The van der Waals surface area contributed by atoms with Gasteiger partial charge in [0, 0.05) is 18.4 Å². The van der Waals surface area contributed by atoms with Gasteiger partial charge in [-0.1, -0.05) is 42.5 Å². The number of hydrogen-bond acceptors (Lipinski definition) is 2. The van der Waals surface area contributed by atoms with Crippen LogP contribution in [0.25, 0.3) is 5.57 Å². The van der Waals surface area contributed by atoms with Crippen molar-refractivity contribution in [2.75, 3.05) is 11.4 Å². The van der Waals surface area contributed by atoms with Gasteiger partial charge in [0.2, 0.25) is 0 Å². The van der Waals surface area contributed by atoms with Gasteiger partial charge in [-0.25, -0.2) is 0 Å². The number of halogens is 3. The van der Waals surface area contributed by atoms with E-state index in [1.54, 1.807) is 29.2 Å². The molecule has 0 heterocycles. The lowest BCUT2D eigenvalue weighted by atomic mass is 10.0. The summed E-state index contributed by atoms with van der Waals surface area (Å²) in [6.07, 6.45) is -3.65. The summed E-state index contributed by atoms with van der Waals surface area (Å²) in [5.74, 6) is -1.85. The van der Waals surface area contributed by atoms with Crippen molar-refractivity contribution in [1.29, 1.82) is 0 Å². The zero-order chi connectivity index (χ0) is 17.7. The van der Waals surface area contributed by atoms with Crippen molar-refractivity contribution < 1.29 is 18.0 Å². The Bertz CT molecular complexity index is 736. The second-order valence-electron chi connectivity index (χ2n) is 5.36. The third-order valence-electron chi connectivity index (χ3n) is 3.55. The van der Waals surface area contributed by atoms with Gasteiger partial charge in [0.25, 0.3) is 5.78 Å². The quantitative estimate of drug-likeness (QED) is 0.718. The highest BCUT2D eigenvalue weighted by Crippen LogP contribution is 2.28. The zero-order valence-electron chi connectivity index (χ0n) is 13.5. The van der Waals surface area contributed by atoms with E-state index in [0.717, 1.165) is 11.3 Å². The van der Waals surface area contributed by atoms with Crippen molar-refractivity contribution in [3.05, 3.63) is 71.9 Å². The van der Waals surface area contributed by atoms with Gasteiger partial charge in [-0.05, 0) is 37.1 Å². The number of benzene rings is 2. The average Bonchev–Trinajstić information content (AvgIpc) is 2.55. The van der Waals surface area contributed by atoms with Crippen LogP contribution in [0.5, 0.6) is 0 Å². The summed E-state index contributed by atoms with van der Waals surface area (Å²) in [6, 6.07) is 15.3. The highest BCUT2D eigenvalue weighted by molar-refractivity contribution is 6.23. The molecule has 0 N–H and O–H groups in total. The van der Waals surface area contributed by atoms with Crippen molar-refractivity contribution in [3.8, 4) is 0 Å². The van der Waals surface area contributed by atoms with Gasteiger partial charge in [-0.2, -0.15) is 13.2 Å². The van der Waals surface area contributed by atoms with E-state index in [1.165, 1.54) is 18.3 Å². The zero-order valence-corrected chi connectivity index (χ0v) is 13.5. The van der Waals surface area contributed by atoms with Gasteiger partial charge < -0.3 is 4.90 Å². The molecule has 0 saturated heterocycles. The molecule has 0 bridgehead atoms. The summed E-state index contributed by atoms with van der Waals surface area (Å²) >= 11 is 0. The SMILES string of the molecule is CCN(/C=C(\C(=O)C(F)(F)F)c1ccccc1)c1cccc(C)c1. The number of ketones is 1. The molecule has 5 heteroatoms. The first-order valence-corrected chi connectivity index (χ1v) is 7.55. The second kappa shape index (κ2) is 7.34. The lowest BCUT2D eigenvalue weighted by Gasteiger charge is -2.21. The summed E-state index contributed by atoms with van der Waals surface area (Å²) in [6.45, 7) is 4.16. The molecular weight excluding hydrogens is 315 g/mol. The maximum Gasteiger partial charge on any atom is 0.454 e. The van der Waals surface area contributed by atoms with Crippen molar-refractivity contribution in [2.45, 2.75) is 20.0 Å². The Morgan fingerprint density at radius 3 is 2.29 bits per heavy atom. The van der Waals surface area contributed by atoms with Crippen molar-refractivity contribution >= 4 is 17.0 Å². The summed E-state index contributed by atoms with van der Waals surface area (Å²) in [7, 11) is 0. The minimum atomic E-state index is -4.92. The first-order valence-electron chi connectivity index (χ1n) is 7.55. The lowest BCUT2D eigenvalue weighted by Crippen LogP contribution is -2.26. The van der Waals surface area contributed by atoms with E-state index in [-0.39, 0.29) is 11.1 Å². The standard InChI is InChI=1S/C19H18F3NO/c1-3-23(16-11-7-8-14(2)12-16)13-17(18(24)19(20,21)22)15-9-5-4-6-10-15/h4-13H,3H2,1-2H3/b17-13-. The number of rotatable bonds is 5. The van der Waals surface area contributed by atoms with Crippen LogP contribution in [0.1, 0.15) is 18.1 Å². The molecule has 0 amide bonds. The predicted octanol–water partition coefficient (Wildman–Crippen LogP) is 4.99. The molecule has 2 rings (SSSR count). The van der Waals surface area contributed by atoms with Gasteiger partial charge in [-0.3, -0.25) is 4.79 Å². The molecule has 0 fully saturated rings. The summed E-state index contributed by atoms with van der Waals surface area (Å²) in [5.41, 5.74) is 1.60. The monoisotopic (exact) mass is 333 g/mol. The highest BCUT2D eigenvalue weighted by Gasteiger charge is 2.41. The Hall–Kier alpha value is -2.56. The van der Waals surface area contributed by atoms with Crippen LogP contribution in [-0.4, -0.2) is 18.5 Å². The Morgan fingerprint density at radius 2 is 1.75 bits per heavy atom. The minimum absolute atomic E-state index is 0.242. The first-order chi connectivity index (χ1) is 11.3. The van der Waals surface area contributed by atoms with E-state index in [4.69, 9.17) is 0 Å². The fraction of sp³-hybridized carbons (Fsp3) is 0.211. The number of anilines is 1. The second-order valence-corrected chi connectivity index (χ2v) is 5.36. The van der Waals surface area contributed by atoms with E-state index in [1.807, 2.05) is 32.0 Å². The predicted molar refractivity (Wildman–Crippen MR) is 89.7 cm³/mol. The number of carbonyl (C=O) groups excluding carboxylic acids is 1. The molecule has 2 aromatic rings. The summed E-state index contributed by atoms with van der Waals surface area (Å²) < 4.78 is 39.0. The number of aryl methyl sites for hydroxylation is 1. The van der Waals surface area contributed by atoms with Crippen LogP contribution in [0.3, 0.4) is 0 Å². The first kappa shape index (κ1) is 17.8.